The maximum absolute atomic E-state index is 11.8. The first kappa shape index (κ1) is 16.2. The van der Waals surface area contributed by atoms with Gasteiger partial charge in [-0.3, -0.25) is 14.9 Å². The number of carboxylic acids is 1. The van der Waals surface area contributed by atoms with Gasteiger partial charge in [0.2, 0.25) is 0 Å². The van der Waals surface area contributed by atoms with E-state index in [1.54, 1.807) is 24.5 Å². The Morgan fingerprint density at radius 2 is 2.04 bits per heavy atom. The molecular formula is C19H21N3O3. The molecule has 1 N–H and O–H groups in total. The van der Waals surface area contributed by atoms with E-state index in [4.69, 9.17) is 9.72 Å². The van der Waals surface area contributed by atoms with Crippen LogP contribution in [-0.2, 0) is 17.6 Å². The lowest BCUT2D eigenvalue weighted by molar-refractivity contribution is 0.0697. The highest BCUT2D eigenvalue weighted by Gasteiger charge is 2.27. The van der Waals surface area contributed by atoms with Crippen LogP contribution in [0.2, 0.25) is 0 Å². The molecule has 0 amide bonds. The maximum Gasteiger partial charge on any atom is 0.337 e. The highest BCUT2D eigenvalue weighted by Crippen LogP contribution is 2.27. The van der Waals surface area contributed by atoms with Crippen molar-refractivity contribution < 1.29 is 14.6 Å². The summed E-state index contributed by atoms with van der Waals surface area (Å²) in [5.41, 5.74) is 3.66. The van der Waals surface area contributed by atoms with Gasteiger partial charge in [0, 0.05) is 55.8 Å². The fourth-order valence-corrected chi connectivity index (χ4v) is 3.72. The topological polar surface area (TPSA) is 75.5 Å². The van der Waals surface area contributed by atoms with Crippen LogP contribution in [0.15, 0.2) is 30.6 Å². The highest BCUT2D eigenvalue weighted by molar-refractivity contribution is 5.95. The summed E-state index contributed by atoms with van der Waals surface area (Å²) in [6.07, 6.45) is 6.07. The number of fused-ring (bicyclic) bond motifs is 1. The third kappa shape index (κ3) is 3.27. The molecule has 0 radical (unpaired) electrons. The summed E-state index contributed by atoms with van der Waals surface area (Å²) in [4.78, 5) is 23.0. The van der Waals surface area contributed by atoms with Crippen molar-refractivity contribution in [3.8, 4) is 11.3 Å². The van der Waals surface area contributed by atoms with Crippen molar-refractivity contribution >= 4 is 5.97 Å². The number of carbonyl (C=O) groups is 1. The number of hydrogen-bond donors (Lipinski definition) is 1. The van der Waals surface area contributed by atoms with Gasteiger partial charge in [-0.05, 0) is 36.6 Å². The Bertz CT molecular complexity index is 773. The van der Waals surface area contributed by atoms with Crippen molar-refractivity contribution in [2.24, 2.45) is 0 Å². The number of aromatic carboxylic acids is 1. The van der Waals surface area contributed by atoms with Crippen LogP contribution >= 0.6 is 0 Å². The number of pyridine rings is 2. The Kier molecular flexibility index (Phi) is 4.46. The molecule has 130 valence electrons. The average Bonchev–Trinajstić information content (AvgIpc) is 3.09. The quantitative estimate of drug-likeness (QED) is 0.922. The minimum Gasteiger partial charge on any atom is -0.478 e. The standard InChI is InChI=1S/C19H21N3O3/c23-19(24)16-11-14-3-8-22(15-5-10-25-12-15)9-4-17(14)21-18(16)13-1-6-20-7-2-13/h1-2,6-7,11,15H,3-5,8-10,12H2,(H,23,24). The summed E-state index contributed by atoms with van der Waals surface area (Å²) < 4.78 is 5.51. The van der Waals surface area contributed by atoms with Crippen molar-refractivity contribution in [2.75, 3.05) is 26.3 Å². The van der Waals surface area contributed by atoms with Crippen molar-refractivity contribution in [2.45, 2.75) is 25.3 Å². The molecule has 6 nitrogen and oxygen atoms in total. The molecule has 25 heavy (non-hydrogen) atoms. The SMILES string of the molecule is O=C(O)c1cc2c(nc1-c1ccncc1)CCN(C1CCOC1)CC2. The third-order valence-electron chi connectivity index (χ3n) is 5.10. The minimum atomic E-state index is -0.938. The lowest BCUT2D eigenvalue weighted by Gasteiger charge is -2.25. The Balaban J connectivity index is 1.68. The zero-order valence-corrected chi connectivity index (χ0v) is 14.0. The molecule has 4 rings (SSSR count). The van der Waals surface area contributed by atoms with Crippen LogP contribution in [0.3, 0.4) is 0 Å². The molecule has 0 aromatic carbocycles. The lowest BCUT2D eigenvalue weighted by Crippen LogP contribution is -2.37. The monoisotopic (exact) mass is 339 g/mol. The Labute approximate surface area is 146 Å². The summed E-state index contributed by atoms with van der Waals surface area (Å²) in [5, 5.41) is 9.64. The van der Waals surface area contributed by atoms with E-state index in [1.165, 1.54) is 0 Å². The Morgan fingerprint density at radius 1 is 1.24 bits per heavy atom. The second-order valence-corrected chi connectivity index (χ2v) is 6.58. The molecule has 0 spiro atoms. The van der Waals surface area contributed by atoms with Crippen molar-refractivity contribution in [1.29, 1.82) is 0 Å². The van der Waals surface area contributed by atoms with Crippen LogP contribution in [0.5, 0.6) is 0 Å². The molecule has 2 aromatic rings. The van der Waals surface area contributed by atoms with E-state index in [-0.39, 0.29) is 5.56 Å². The van der Waals surface area contributed by atoms with Crippen LogP contribution < -0.4 is 0 Å². The summed E-state index contributed by atoms with van der Waals surface area (Å²) in [5.74, 6) is -0.938. The van der Waals surface area contributed by atoms with E-state index in [0.29, 0.717) is 11.7 Å². The zero-order chi connectivity index (χ0) is 17.2. The highest BCUT2D eigenvalue weighted by atomic mass is 16.5. The first-order valence-corrected chi connectivity index (χ1v) is 8.70. The van der Waals surface area contributed by atoms with Gasteiger partial charge in [0.05, 0.1) is 17.9 Å². The molecule has 1 atom stereocenters. The maximum atomic E-state index is 11.8. The average molecular weight is 339 g/mol. The van der Waals surface area contributed by atoms with Gasteiger partial charge in [-0.15, -0.1) is 0 Å². The van der Waals surface area contributed by atoms with Crippen LogP contribution in [0.25, 0.3) is 11.3 Å². The second kappa shape index (κ2) is 6.90. The molecule has 1 saturated heterocycles. The molecule has 4 heterocycles. The van der Waals surface area contributed by atoms with E-state index < -0.39 is 5.97 Å². The molecule has 0 saturated carbocycles. The van der Waals surface area contributed by atoms with Crippen LogP contribution in [-0.4, -0.2) is 58.3 Å². The van der Waals surface area contributed by atoms with Gasteiger partial charge in [-0.25, -0.2) is 4.79 Å². The van der Waals surface area contributed by atoms with Crippen molar-refractivity contribution in [3.05, 3.63) is 47.4 Å². The summed E-state index contributed by atoms with van der Waals surface area (Å²) in [6, 6.07) is 5.91. The van der Waals surface area contributed by atoms with Crippen molar-refractivity contribution in [1.82, 2.24) is 14.9 Å². The van der Waals surface area contributed by atoms with Gasteiger partial charge >= 0.3 is 5.97 Å². The molecule has 0 aliphatic carbocycles. The zero-order valence-electron chi connectivity index (χ0n) is 14.0. The number of rotatable bonds is 3. The predicted molar refractivity (Wildman–Crippen MR) is 92.6 cm³/mol. The normalized spacial score (nSPS) is 20.9. The number of hydrogen-bond acceptors (Lipinski definition) is 5. The van der Waals surface area contributed by atoms with Gasteiger partial charge in [-0.1, -0.05) is 0 Å². The van der Waals surface area contributed by atoms with Gasteiger partial charge < -0.3 is 9.84 Å². The summed E-state index contributed by atoms with van der Waals surface area (Å²) in [7, 11) is 0. The number of nitrogens with zero attached hydrogens (tertiary/aromatic N) is 3. The van der Waals surface area contributed by atoms with Gasteiger partial charge in [0.1, 0.15) is 0 Å². The minimum absolute atomic E-state index is 0.266. The largest absolute Gasteiger partial charge is 0.478 e. The summed E-state index contributed by atoms with van der Waals surface area (Å²) >= 11 is 0. The first-order chi connectivity index (χ1) is 12.2. The molecule has 2 aliphatic rings. The van der Waals surface area contributed by atoms with Gasteiger partial charge in [-0.2, -0.15) is 0 Å². The molecular weight excluding hydrogens is 318 g/mol. The lowest BCUT2D eigenvalue weighted by atomic mass is 10.0. The molecule has 2 aliphatic heterocycles. The second-order valence-electron chi connectivity index (χ2n) is 6.58. The van der Waals surface area contributed by atoms with E-state index in [2.05, 4.69) is 9.88 Å². The van der Waals surface area contributed by atoms with Crippen LogP contribution in [0.4, 0.5) is 0 Å². The molecule has 1 fully saturated rings. The molecule has 6 heteroatoms. The van der Waals surface area contributed by atoms with Crippen LogP contribution in [0, 0.1) is 0 Å². The fraction of sp³-hybridized carbons (Fsp3) is 0.421. The Hall–Kier alpha value is -2.31. The first-order valence-electron chi connectivity index (χ1n) is 8.70. The van der Waals surface area contributed by atoms with Crippen molar-refractivity contribution in [3.63, 3.8) is 0 Å². The number of aromatic nitrogens is 2. The van der Waals surface area contributed by atoms with E-state index in [0.717, 1.165) is 62.4 Å². The van der Waals surface area contributed by atoms with E-state index in [1.807, 2.05) is 6.07 Å². The Morgan fingerprint density at radius 3 is 2.76 bits per heavy atom. The smallest absolute Gasteiger partial charge is 0.337 e. The number of ether oxygens (including phenoxy) is 1. The molecule has 1 unspecified atom stereocenters. The molecule has 0 bridgehead atoms. The fourth-order valence-electron chi connectivity index (χ4n) is 3.72. The van der Waals surface area contributed by atoms with Gasteiger partial charge in [0.25, 0.3) is 0 Å². The molecule has 2 aromatic heterocycles. The van der Waals surface area contributed by atoms with E-state index in [9.17, 15) is 9.90 Å². The van der Waals surface area contributed by atoms with Crippen LogP contribution in [0.1, 0.15) is 28.0 Å². The van der Waals surface area contributed by atoms with Gasteiger partial charge in [0.15, 0.2) is 0 Å². The number of carboxylic acid groups (broad SMARTS) is 1. The summed E-state index contributed by atoms with van der Waals surface area (Å²) in [6.45, 7) is 3.50. The predicted octanol–water partition coefficient (Wildman–Crippen LogP) is 2.03. The third-order valence-corrected chi connectivity index (χ3v) is 5.10. The van der Waals surface area contributed by atoms with E-state index >= 15 is 0 Å².